The predicted octanol–water partition coefficient (Wildman–Crippen LogP) is 2.32. The lowest BCUT2D eigenvalue weighted by molar-refractivity contribution is -0.0680. The summed E-state index contributed by atoms with van der Waals surface area (Å²) >= 11 is 0. The minimum Gasteiger partial charge on any atom is -0.474 e. The van der Waals surface area contributed by atoms with Crippen molar-refractivity contribution in [3.63, 3.8) is 0 Å². The van der Waals surface area contributed by atoms with Gasteiger partial charge in [-0.2, -0.15) is 5.10 Å². The first-order valence-electron chi connectivity index (χ1n) is 9.53. The molecule has 2 aliphatic rings. The molecule has 0 spiro atoms. The Bertz CT molecular complexity index is 956. The number of nitrogens with one attached hydrogen (secondary N) is 1. The molecule has 3 aromatic heterocycles. The standard InChI is InChI=1S/C20H23N5O2/c1-25-11-13(9-23-25)17-8-18-15(4-3-7-21-18)20(24-17)26-12-14-10-22-16-5-2-6-19(16)27-14/h3-4,7-9,11,14,16,19,22H,2,5-6,10,12H2,1H3/t14-,16+,19-/m0/s1. The zero-order valence-electron chi connectivity index (χ0n) is 15.3. The summed E-state index contributed by atoms with van der Waals surface area (Å²) in [5, 5.41) is 8.75. The Kier molecular flexibility index (Phi) is 4.26. The summed E-state index contributed by atoms with van der Waals surface area (Å²) in [6.45, 7) is 1.29. The number of aryl methyl sites for hydroxylation is 1. The van der Waals surface area contributed by atoms with Crippen LogP contribution < -0.4 is 10.1 Å². The van der Waals surface area contributed by atoms with Crippen molar-refractivity contribution in [3.05, 3.63) is 36.8 Å². The SMILES string of the molecule is Cn1cc(-c2cc3ncccc3c(OC[C@@H]3CN[C@@H]4CCC[C@@H]4O3)n2)cn1. The second-order valence-electron chi connectivity index (χ2n) is 7.34. The molecule has 3 atom stereocenters. The Hall–Kier alpha value is -2.51. The van der Waals surface area contributed by atoms with Crippen LogP contribution in [0.15, 0.2) is 36.8 Å². The van der Waals surface area contributed by atoms with Crippen LogP contribution in [0.2, 0.25) is 0 Å². The number of fused-ring (bicyclic) bond motifs is 2. The Morgan fingerprint density at radius 3 is 3.22 bits per heavy atom. The average molecular weight is 365 g/mol. The minimum absolute atomic E-state index is 0.0416. The van der Waals surface area contributed by atoms with E-state index in [9.17, 15) is 0 Å². The van der Waals surface area contributed by atoms with Gasteiger partial charge in [0.2, 0.25) is 5.88 Å². The Morgan fingerprint density at radius 1 is 1.37 bits per heavy atom. The minimum atomic E-state index is 0.0416. The van der Waals surface area contributed by atoms with Crippen LogP contribution in [-0.2, 0) is 11.8 Å². The third kappa shape index (κ3) is 3.28. The highest BCUT2D eigenvalue weighted by molar-refractivity contribution is 5.86. The molecule has 4 heterocycles. The number of hydrogen-bond acceptors (Lipinski definition) is 6. The van der Waals surface area contributed by atoms with Crippen LogP contribution in [0, 0.1) is 0 Å². The summed E-state index contributed by atoms with van der Waals surface area (Å²) < 4.78 is 14.1. The van der Waals surface area contributed by atoms with Crippen LogP contribution in [0.5, 0.6) is 5.88 Å². The lowest BCUT2D eigenvalue weighted by atomic mass is 10.1. The quantitative estimate of drug-likeness (QED) is 0.765. The van der Waals surface area contributed by atoms with Gasteiger partial charge in [-0.15, -0.1) is 0 Å². The maximum Gasteiger partial charge on any atom is 0.223 e. The van der Waals surface area contributed by atoms with Crippen molar-refractivity contribution in [1.29, 1.82) is 0 Å². The molecule has 5 rings (SSSR count). The number of morpholine rings is 1. The number of nitrogens with zero attached hydrogens (tertiary/aromatic N) is 4. The van der Waals surface area contributed by atoms with E-state index in [-0.39, 0.29) is 6.10 Å². The smallest absolute Gasteiger partial charge is 0.223 e. The molecule has 2 fully saturated rings. The topological polar surface area (TPSA) is 74.1 Å². The van der Waals surface area contributed by atoms with Gasteiger partial charge in [-0.3, -0.25) is 9.67 Å². The van der Waals surface area contributed by atoms with E-state index in [1.165, 1.54) is 12.8 Å². The monoisotopic (exact) mass is 365 g/mol. The largest absolute Gasteiger partial charge is 0.474 e. The summed E-state index contributed by atoms with van der Waals surface area (Å²) in [6.07, 6.45) is 9.47. The van der Waals surface area contributed by atoms with Crippen LogP contribution in [0.1, 0.15) is 19.3 Å². The van der Waals surface area contributed by atoms with E-state index in [1.807, 2.05) is 31.4 Å². The van der Waals surface area contributed by atoms with Gasteiger partial charge in [0.25, 0.3) is 0 Å². The first-order chi connectivity index (χ1) is 13.3. The fourth-order valence-corrected chi connectivity index (χ4v) is 4.03. The van der Waals surface area contributed by atoms with Crippen molar-refractivity contribution in [2.45, 2.75) is 37.5 Å². The van der Waals surface area contributed by atoms with Crippen LogP contribution in [-0.4, -0.2) is 51.1 Å². The molecule has 0 amide bonds. The van der Waals surface area contributed by atoms with E-state index in [4.69, 9.17) is 14.5 Å². The van der Waals surface area contributed by atoms with Crippen LogP contribution in [0.4, 0.5) is 0 Å². The lowest BCUT2D eigenvalue weighted by Crippen LogP contribution is -2.51. The fraction of sp³-hybridized carbons (Fsp3) is 0.450. The van der Waals surface area contributed by atoms with Gasteiger partial charge >= 0.3 is 0 Å². The number of ether oxygens (including phenoxy) is 2. The van der Waals surface area contributed by atoms with E-state index in [0.29, 0.717) is 24.6 Å². The third-order valence-electron chi connectivity index (χ3n) is 5.40. The molecule has 1 N–H and O–H groups in total. The molecule has 0 bridgehead atoms. The highest BCUT2D eigenvalue weighted by Gasteiger charge is 2.34. The van der Waals surface area contributed by atoms with E-state index in [2.05, 4.69) is 15.4 Å². The van der Waals surface area contributed by atoms with Crippen molar-refractivity contribution < 1.29 is 9.47 Å². The Balaban J connectivity index is 1.40. The summed E-state index contributed by atoms with van der Waals surface area (Å²) in [5.41, 5.74) is 2.61. The van der Waals surface area contributed by atoms with Crippen molar-refractivity contribution in [2.75, 3.05) is 13.2 Å². The van der Waals surface area contributed by atoms with Gasteiger partial charge in [0.05, 0.1) is 28.9 Å². The summed E-state index contributed by atoms with van der Waals surface area (Å²) in [7, 11) is 1.89. The van der Waals surface area contributed by atoms with E-state index >= 15 is 0 Å². The molecule has 7 heteroatoms. The summed E-state index contributed by atoms with van der Waals surface area (Å²) in [4.78, 5) is 9.23. The molecule has 1 aliphatic heterocycles. The van der Waals surface area contributed by atoms with Crippen molar-refractivity contribution >= 4 is 10.9 Å². The Morgan fingerprint density at radius 2 is 2.33 bits per heavy atom. The average Bonchev–Trinajstić information content (AvgIpc) is 3.34. The second-order valence-corrected chi connectivity index (χ2v) is 7.34. The van der Waals surface area contributed by atoms with Gasteiger partial charge in [0, 0.05) is 37.6 Å². The van der Waals surface area contributed by atoms with Crippen LogP contribution >= 0.6 is 0 Å². The molecule has 1 saturated heterocycles. The first kappa shape index (κ1) is 16.6. The highest BCUT2D eigenvalue weighted by Crippen LogP contribution is 2.29. The number of rotatable bonds is 4. The fourth-order valence-electron chi connectivity index (χ4n) is 4.03. The first-order valence-corrected chi connectivity index (χ1v) is 9.53. The zero-order chi connectivity index (χ0) is 18.2. The maximum atomic E-state index is 6.22. The molecule has 140 valence electrons. The van der Waals surface area contributed by atoms with E-state index < -0.39 is 0 Å². The molecule has 3 aromatic rings. The third-order valence-corrected chi connectivity index (χ3v) is 5.40. The normalized spacial score (nSPS) is 24.9. The van der Waals surface area contributed by atoms with Crippen LogP contribution in [0.3, 0.4) is 0 Å². The van der Waals surface area contributed by atoms with Crippen molar-refractivity contribution in [2.24, 2.45) is 7.05 Å². The van der Waals surface area contributed by atoms with Crippen LogP contribution in [0.25, 0.3) is 22.2 Å². The number of aromatic nitrogens is 4. The lowest BCUT2D eigenvalue weighted by Gasteiger charge is -2.33. The van der Waals surface area contributed by atoms with Gasteiger partial charge in [-0.25, -0.2) is 4.98 Å². The van der Waals surface area contributed by atoms with E-state index in [1.54, 1.807) is 17.1 Å². The number of pyridine rings is 2. The molecule has 1 aliphatic carbocycles. The van der Waals surface area contributed by atoms with Gasteiger partial charge in [0.15, 0.2) is 0 Å². The molecule has 0 radical (unpaired) electrons. The predicted molar refractivity (Wildman–Crippen MR) is 102 cm³/mol. The maximum absolute atomic E-state index is 6.22. The highest BCUT2D eigenvalue weighted by atomic mass is 16.5. The number of hydrogen-bond donors (Lipinski definition) is 1. The zero-order valence-corrected chi connectivity index (χ0v) is 15.3. The summed E-state index contributed by atoms with van der Waals surface area (Å²) in [5.74, 6) is 0.594. The van der Waals surface area contributed by atoms with E-state index in [0.717, 1.165) is 35.1 Å². The molecule has 27 heavy (non-hydrogen) atoms. The molecule has 0 unspecified atom stereocenters. The summed E-state index contributed by atoms with van der Waals surface area (Å²) in [6, 6.07) is 6.38. The molecular formula is C20H23N5O2. The molecule has 7 nitrogen and oxygen atoms in total. The Labute approximate surface area is 157 Å². The molecule has 0 aromatic carbocycles. The van der Waals surface area contributed by atoms with Crippen molar-refractivity contribution in [3.8, 4) is 17.1 Å². The van der Waals surface area contributed by atoms with Gasteiger partial charge in [-0.1, -0.05) is 0 Å². The molecular weight excluding hydrogens is 342 g/mol. The van der Waals surface area contributed by atoms with Crippen molar-refractivity contribution in [1.82, 2.24) is 25.1 Å². The van der Waals surface area contributed by atoms with Gasteiger partial charge in [0.1, 0.15) is 12.7 Å². The van der Waals surface area contributed by atoms with Gasteiger partial charge < -0.3 is 14.8 Å². The van der Waals surface area contributed by atoms with Gasteiger partial charge in [-0.05, 0) is 37.5 Å². The molecule has 1 saturated carbocycles. The second kappa shape index (κ2) is 6.90.